The average molecular weight is 347 g/mol. The van der Waals surface area contributed by atoms with Gasteiger partial charge >= 0.3 is 0 Å². The maximum absolute atomic E-state index is 13.7. The van der Waals surface area contributed by atoms with Crippen molar-refractivity contribution in [1.82, 2.24) is 4.72 Å². The van der Waals surface area contributed by atoms with Crippen molar-refractivity contribution < 1.29 is 26.7 Å². The summed E-state index contributed by atoms with van der Waals surface area (Å²) in [6, 6.07) is 2.61. The largest absolute Gasteiger partial charge is 0.384 e. The number of sulfonamides is 1. The summed E-state index contributed by atoms with van der Waals surface area (Å²) in [7, 11) is -2.19. The Morgan fingerprint density at radius 1 is 1.39 bits per heavy atom. The normalized spacial score (nSPS) is 30.0. The number of nitrogens with one attached hydrogen (secondary N) is 1. The number of hydrogen-bond acceptors (Lipinski definition) is 4. The summed E-state index contributed by atoms with van der Waals surface area (Å²) in [6.07, 6.45) is 0.813. The standard InChI is InChI=1S/C15H19F2NO4S/c1-21-7-12-14(11-4-5-22-15(11)12)18-23(19,20)8-9-2-3-10(16)6-13(9)17/h2-3,6,11-12,14-15,18H,4-5,7-8H2,1H3/t11-,12+,14-,15-/m0/s1. The predicted octanol–water partition coefficient (Wildman–Crippen LogP) is 1.43. The lowest BCUT2D eigenvalue weighted by Crippen LogP contribution is -2.62. The number of fused-ring (bicyclic) bond motifs is 1. The van der Waals surface area contributed by atoms with Crippen LogP contribution in [0.3, 0.4) is 0 Å². The first-order chi connectivity index (χ1) is 10.9. The summed E-state index contributed by atoms with van der Waals surface area (Å²) < 4.78 is 64.6. The third-order valence-corrected chi connectivity index (χ3v) is 5.89. The van der Waals surface area contributed by atoms with Gasteiger partial charge in [-0.15, -0.1) is 0 Å². The summed E-state index contributed by atoms with van der Waals surface area (Å²) in [5.74, 6) is -2.03. The van der Waals surface area contributed by atoms with Gasteiger partial charge in [0.2, 0.25) is 10.0 Å². The van der Waals surface area contributed by atoms with E-state index in [1.807, 2.05) is 0 Å². The number of hydrogen-bond donors (Lipinski definition) is 1. The molecule has 5 nitrogen and oxygen atoms in total. The molecule has 1 N–H and O–H groups in total. The Bertz CT molecular complexity index is 682. The fourth-order valence-electron chi connectivity index (χ4n) is 3.49. The van der Waals surface area contributed by atoms with Crippen LogP contribution in [0.15, 0.2) is 18.2 Å². The van der Waals surface area contributed by atoms with Crippen LogP contribution < -0.4 is 4.72 Å². The maximum Gasteiger partial charge on any atom is 0.216 e. The van der Waals surface area contributed by atoms with Crippen LogP contribution in [0.25, 0.3) is 0 Å². The van der Waals surface area contributed by atoms with Crippen molar-refractivity contribution in [2.45, 2.75) is 24.3 Å². The highest BCUT2D eigenvalue weighted by Crippen LogP contribution is 2.44. The Labute approximate surface area is 134 Å². The van der Waals surface area contributed by atoms with Crippen LogP contribution in [0.1, 0.15) is 12.0 Å². The molecule has 0 radical (unpaired) electrons. The minimum absolute atomic E-state index is 0.0187. The molecule has 1 aromatic carbocycles. The van der Waals surface area contributed by atoms with E-state index in [2.05, 4.69) is 4.72 Å². The molecule has 1 heterocycles. The van der Waals surface area contributed by atoms with Crippen molar-refractivity contribution >= 4 is 10.0 Å². The van der Waals surface area contributed by atoms with E-state index in [4.69, 9.17) is 9.47 Å². The van der Waals surface area contributed by atoms with Gasteiger partial charge in [0.15, 0.2) is 0 Å². The molecule has 2 aliphatic rings. The van der Waals surface area contributed by atoms with Gasteiger partial charge in [-0.05, 0) is 12.5 Å². The first-order valence-corrected chi connectivity index (χ1v) is 9.11. The van der Waals surface area contributed by atoms with E-state index in [1.165, 1.54) is 0 Å². The van der Waals surface area contributed by atoms with E-state index in [0.717, 1.165) is 18.6 Å². The molecule has 0 amide bonds. The fraction of sp³-hybridized carbons (Fsp3) is 0.600. The number of halogens is 2. The lowest BCUT2D eigenvalue weighted by molar-refractivity contribution is -0.0775. The zero-order chi connectivity index (χ0) is 16.6. The van der Waals surface area contributed by atoms with Crippen molar-refractivity contribution in [2.24, 2.45) is 11.8 Å². The van der Waals surface area contributed by atoms with Crippen molar-refractivity contribution in [3.8, 4) is 0 Å². The number of ether oxygens (including phenoxy) is 2. The van der Waals surface area contributed by atoms with Crippen molar-refractivity contribution in [1.29, 1.82) is 0 Å². The Morgan fingerprint density at radius 2 is 2.17 bits per heavy atom. The van der Waals surface area contributed by atoms with Crippen LogP contribution in [0.2, 0.25) is 0 Å². The number of rotatable bonds is 6. The molecule has 1 aliphatic carbocycles. The van der Waals surface area contributed by atoms with Crippen molar-refractivity contribution in [3.63, 3.8) is 0 Å². The molecule has 2 fully saturated rings. The molecule has 23 heavy (non-hydrogen) atoms. The lowest BCUT2D eigenvalue weighted by atomic mass is 9.68. The van der Waals surface area contributed by atoms with E-state index < -0.39 is 27.4 Å². The minimum Gasteiger partial charge on any atom is -0.384 e. The van der Waals surface area contributed by atoms with Crippen LogP contribution in [0.5, 0.6) is 0 Å². The highest BCUT2D eigenvalue weighted by Gasteiger charge is 2.54. The molecular weight excluding hydrogens is 328 g/mol. The fourth-order valence-corrected chi connectivity index (χ4v) is 4.98. The van der Waals surface area contributed by atoms with Gasteiger partial charge in [-0.1, -0.05) is 6.07 Å². The molecule has 1 saturated carbocycles. The number of methoxy groups -OCH3 is 1. The van der Waals surface area contributed by atoms with Crippen molar-refractivity contribution in [3.05, 3.63) is 35.4 Å². The van der Waals surface area contributed by atoms with E-state index in [0.29, 0.717) is 19.3 Å². The van der Waals surface area contributed by atoms with Gasteiger partial charge in [0, 0.05) is 43.2 Å². The molecule has 0 unspecified atom stereocenters. The summed E-state index contributed by atoms with van der Waals surface area (Å²) >= 11 is 0. The highest BCUT2D eigenvalue weighted by atomic mass is 32.2. The average Bonchev–Trinajstić information content (AvgIpc) is 2.90. The van der Waals surface area contributed by atoms with Crippen LogP contribution in [0, 0.1) is 23.5 Å². The predicted molar refractivity (Wildman–Crippen MR) is 79.1 cm³/mol. The Kier molecular flexibility index (Phi) is 4.68. The smallest absolute Gasteiger partial charge is 0.216 e. The zero-order valence-corrected chi connectivity index (χ0v) is 13.5. The van der Waals surface area contributed by atoms with Crippen LogP contribution in [-0.2, 0) is 25.2 Å². The minimum atomic E-state index is -3.74. The molecule has 1 saturated heterocycles. The second kappa shape index (κ2) is 6.43. The molecular formula is C15H19F2NO4S. The second-order valence-corrected chi connectivity index (χ2v) is 7.80. The highest BCUT2D eigenvalue weighted by molar-refractivity contribution is 7.88. The quantitative estimate of drug-likeness (QED) is 0.846. The Hall–Kier alpha value is -1.09. The maximum atomic E-state index is 13.7. The Morgan fingerprint density at radius 3 is 2.87 bits per heavy atom. The molecule has 0 bridgehead atoms. The molecule has 1 aromatic rings. The number of benzene rings is 1. The molecule has 0 aromatic heterocycles. The molecule has 4 atom stereocenters. The zero-order valence-electron chi connectivity index (χ0n) is 12.7. The van der Waals surface area contributed by atoms with Gasteiger partial charge in [-0.25, -0.2) is 21.9 Å². The molecule has 1 aliphatic heterocycles. The topological polar surface area (TPSA) is 64.6 Å². The van der Waals surface area contributed by atoms with Crippen LogP contribution in [-0.4, -0.2) is 40.9 Å². The van der Waals surface area contributed by atoms with Gasteiger partial charge < -0.3 is 9.47 Å². The van der Waals surface area contributed by atoms with Crippen molar-refractivity contribution in [2.75, 3.05) is 20.3 Å². The molecule has 0 spiro atoms. The van der Waals surface area contributed by atoms with E-state index in [-0.39, 0.29) is 29.5 Å². The summed E-state index contributed by atoms with van der Waals surface area (Å²) in [4.78, 5) is 0. The van der Waals surface area contributed by atoms with Gasteiger partial charge in [0.1, 0.15) is 11.6 Å². The molecule has 128 valence electrons. The van der Waals surface area contributed by atoms with Gasteiger partial charge in [-0.3, -0.25) is 0 Å². The monoisotopic (exact) mass is 347 g/mol. The van der Waals surface area contributed by atoms with Gasteiger partial charge in [0.25, 0.3) is 0 Å². The van der Waals surface area contributed by atoms with Gasteiger partial charge in [0.05, 0.1) is 18.5 Å². The van der Waals surface area contributed by atoms with Crippen LogP contribution >= 0.6 is 0 Å². The van der Waals surface area contributed by atoms with Crippen LogP contribution in [0.4, 0.5) is 8.78 Å². The van der Waals surface area contributed by atoms with E-state index >= 15 is 0 Å². The SMILES string of the molecule is COC[C@@H]1[C@@H](NS(=O)(=O)Cc2ccc(F)cc2F)[C@@H]2CCO[C@H]12. The lowest BCUT2D eigenvalue weighted by Gasteiger charge is -2.47. The molecule has 8 heteroatoms. The van der Waals surface area contributed by atoms with E-state index in [9.17, 15) is 17.2 Å². The summed E-state index contributed by atoms with van der Waals surface area (Å²) in [5, 5.41) is 0. The Balaban J connectivity index is 1.70. The first-order valence-electron chi connectivity index (χ1n) is 7.46. The first kappa shape index (κ1) is 16.8. The summed E-state index contributed by atoms with van der Waals surface area (Å²) in [5.41, 5.74) is -0.0549. The van der Waals surface area contributed by atoms with Gasteiger partial charge in [-0.2, -0.15) is 0 Å². The third-order valence-electron chi connectivity index (χ3n) is 4.56. The molecule has 3 rings (SSSR count). The third kappa shape index (κ3) is 3.40. The van der Waals surface area contributed by atoms with E-state index in [1.54, 1.807) is 7.11 Å². The summed E-state index contributed by atoms with van der Waals surface area (Å²) in [6.45, 7) is 1.01. The second-order valence-electron chi connectivity index (χ2n) is 6.05.